The second-order valence-electron chi connectivity index (χ2n) is 4.21. The van der Waals surface area contributed by atoms with E-state index in [1.54, 1.807) is 6.20 Å². The Morgan fingerprint density at radius 3 is 2.42 bits per heavy atom. The highest BCUT2D eigenvalue weighted by molar-refractivity contribution is 7.99. The number of pyridine rings is 1. The number of nitrogens with zero attached hydrogens (tertiary/aromatic N) is 1. The molecule has 2 atom stereocenters. The van der Waals surface area contributed by atoms with Crippen molar-refractivity contribution in [3.8, 4) is 0 Å². The van der Waals surface area contributed by atoms with E-state index >= 15 is 0 Å². The van der Waals surface area contributed by atoms with E-state index < -0.39 is 0 Å². The van der Waals surface area contributed by atoms with E-state index in [9.17, 15) is 0 Å². The minimum absolute atomic E-state index is 0.0149. The maximum absolute atomic E-state index is 6.25. The molecule has 0 radical (unpaired) electrons. The van der Waals surface area contributed by atoms with Crippen LogP contribution < -0.4 is 5.73 Å². The molecule has 2 nitrogen and oxygen atoms in total. The van der Waals surface area contributed by atoms with E-state index in [1.807, 2.05) is 43.3 Å². The number of hydrogen-bond donors (Lipinski definition) is 1. The van der Waals surface area contributed by atoms with Crippen LogP contribution in [0.3, 0.4) is 0 Å². The number of hydrogen-bond acceptors (Lipinski definition) is 3. The average Bonchev–Trinajstić information content (AvgIpc) is 2.38. The summed E-state index contributed by atoms with van der Waals surface area (Å²) in [5.41, 5.74) is 7.09. The molecule has 1 aromatic carbocycles. The van der Waals surface area contributed by atoms with E-state index in [2.05, 4.69) is 4.98 Å². The van der Waals surface area contributed by atoms with Crippen molar-refractivity contribution in [2.45, 2.75) is 23.2 Å². The predicted octanol–water partition coefficient (Wildman–Crippen LogP) is 4.57. The van der Waals surface area contributed by atoms with Crippen molar-refractivity contribution in [2.24, 2.45) is 5.73 Å². The Morgan fingerprint density at radius 2 is 1.79 bits per heavy atom. The van der Waals surface area contributed by atoms with Gasteiger partial charge >= 0.3 is 0 Å². The second kappa shape index (κ2) is 6.62. The summed E-state index contributed by atoms with van der Waals surface area (Å²) in [6, 6.07) is 11.3. The molecule has 5 heteroatoms. The summed E-state index contributed by atoms with van der Waals surface area (Å²) in [6.07, 6.45) is 1.72. The van der Waals surface area contributed by atoms with Gasteiger partial charge in [-0.25, -0.2) is 4.98 Å². The molecule has 0 aliphatic rings. The first-order chi connectivity index (χ1) is 9.09. The molecule has 2 aromatic rings. The van der Waals surface area contributed by atoms with Crippen LogP contribution in [-0.4, -0.2) is 11.0 Å². The van der Waals surface area contributed by atoms with Gasteiger partial charge in [-0.2, -0.15) is 0 Å². The minimum atomic E-state index is -0.0667. The van der Waals surface area contributed by atoms with E-state index in [1.165, 1.54) is 11.8 Å². The van der Waals surface area contributed by atoms with Gasteiger partial charge in [0.15, 0.2) is 0 Å². The molecule has 1 heterocycles. The van der Waals surface area contributed by atoms with Crippen molar-refractivity contribution in [1.29, 1.82) is 0 Å². The van der Waals surface area contributed by atoms with Crippen LogP contribution in [0, 0.1) is 0 Å². The van der Waals surface area contributed by atoms with Crippen LogP contribution in [0.15, 0.2) is 47.6 Å². The molecule has 19 heavy (non-hydrogen) atoms. The van der Waals surface area contributed by atoms with Crippen LogP contribution in [0.4, 0.5) is 0 Å². The zero-order valence-electron chi connectivity index (χ0n) is 10.4. The van der Waals surface area contributed by atoms with E-state index in [-0.39, 0.29) is 11.3 Å². The van der Waals surface area contributed by atoms with Crippen molar-refractivity contribution < 1.29 is 0 Å². The fraction of sp³-hybridized carbons (Fsp3) is 0.214. The summed E-state index contributed by atoms with van der Waals surface area (Å²) in [7, 11) is 0. The molecule has 2 N–H and O–H groups in total. The molecule has 100 valence electrons. The summed E-state index contributed by atoms with van der Waals surface area (Å²) in [5, 5.41) is 2.13. The maximum atomic E-state index is 6.25. The zero-order chi connectivity index (χ0) is 13.8. The monoisotopic (exact) mass is 312 g/mol. The SMILES string of the molecule is CC(N)C(Sc1ncccc1Cl)c1ccccc1Cl. The Morgan fingerprint density at radius 1 is 1.11 bits per heavy atom. The van der Waals surface area contributed by atoms with Crippen LogP contribution in [0.1, 0.15) is 17.7 Å². The van der Waals surface area contributed by atoms with E-state index in [0.717, 1.165) is 10.6 Å². The van der Waals surface area contributed by atoms with Gasteiger partial charge in [0.2, 0.25) is 0 Å². The molecule has 0 spiro atoms. The molecule has 0 fully saturated rings. The first-order valence-electron chi connectivity index (χ1n) is 5.86. The van der Waals surface area contributed by atoms with Crippen molar-refractivity contribution in [3.05, 3.63) is 58.2 Å². The number of nitrogens with two attached hydrogens (primary N) is 1. The predicted molar refractivity (Wildman–Crippen MR) is 82.9 cm³/mol. The largest absolute Gasteiger partial charge is 0.327 e. The van der Waals surface area contributed by atoms with Crippen molar-refractivity contribution in [3.63, 3.8) is 0 Å². The lowest BCUT2D eigenvalue weighted by Gasteiger charge is -2.21. The fourth-order valence-corrected chi connectivity index (χ4v) is 3.40. The summed E-state index contributed by atoms with van der Waals surface area (Å²) < 4.78 is 0. The first-order valence-corrected chi connectivity index (χ1v) is 7.50. The van der Waals surface area contributed by atoms with Gasteiger partial charge in [0.05, 0.1) is 10.3 Å². The average molecular weight is 313 g/mol. The molecule has 0 bridgehead atoms. The van der Waals surface area contributed by atoms with Crippen molar-refractivity contribution >= 4 is 35.0 Å². The molecule has 0 saturated carbocycles. The standard InChI is InChI=1S/C14H14Cl2N2S/c1-9(17)13(10-5-2-3-6-11(10)15)19-14-12(16)7-4-8-18-14/h2-9,13H,17H2,1H3. The summed E-state index contributed by atoms with van der Waals surface area (Å²) in [5.74, 6) is 0. The lowest BCUT2D eigenvalue weighted by atomic mass is 10.1. The summed E-state index contributed by atoms with van der Waals surface area (Å²) in [4.78, 5) is 4.29. The molecule has 0 amide bonds. The second-order valence-corrected chi connectivity index (χ2v) is 6.15. The van der Waals surface area contributed by atoms with Crippen LogP contribution in [0.5, 0.6) is 0 Å². The Bertz CT molecular complexity index is 561. The number of benzene rings is 1. The molecule has 2 unspecified atom stereocenters. The van der Waals surface area contributed by atoms with Crippen LogP contribution in [-0.2, 0) is 0 Å². The van der Waals surface area contributed by atoms with Crippen molar-refractivity contribution in [1.82, 2.24) is 4.98 Å². The lowest BCUT2D eigenvalue weighted by molar-refractivity contribution is 0.720. The molecule has 2 rings (SSSR count). The zero-order valence-corrected chi connectivity index (χ0v) is 12.7. The third kappa shape index (κ3) is 3.63. The lowest BCUT2D eigenvalue weighted by Crippen LogP contribution is -2.23. The topological polar surface area (TPSA) is 38.9 Å². The molecular weight excluding hydrogens is 299 g/mol. The molecular formula is C14H14Cl2N2S. The Balaban J connectivity index is 2.33. The summed E-state index contributed by atoms with van der Waals surface area (Å²) >= 11 is 13.9. The Kier molecular flexibility index (Phi) is 5.11. The highest BCUT2D eigenvalue weighted by Crippen LogP contribution is 2.41. The van der Waals surface area contributed by atoms with Gasteiger partial charge < -0.3 is 5.73 Å². The van der Waals surface area contributed by atoms with Gasteiger partial charge in [-0.15, -0.1) is 0 Å². The summed E-state index contributed by atoms with van der Waals surface area (Å²) in [6.45, 7) is 1.96. The van der Waals surface area contributed by atoms with Gasteiger partial charge in [0, 0.05) is 17.3 Å². The van der Waals surface area contributed by atoms with E-state index in [4.69, 9.17) is 28.9 Å². The van der Waals surface area contributed by atoms with Gasteiger partial charge in [0.25, 0.3) is 0 Å². The van der Waals surface area contributed by atoms with Gasteiger partial charge in [-0.1, -0.05) is 53.2 Å². The quantitative estimate of drug-likeness (QED) is 0.840. The van der Waals surface area contributed by atoms with Crippen LogP contribution in [0.2, 0.25) is 10.0 Å². The molecule has 0 saturated heterocycles. The van der Waals surface area contributed by atoms with Crippen LogP contribution in [0.25, 0.3) is 0 Å². The fourth-order valence-electron chi connectivity index (χ4n) is 1.74. The highest BCUT2D eigenvalue weighted by Gasteiger charge is 2.21. The Labute approximate surface area is 127 Å². The molecule has 1 aromatic heterocycles. The normalized spacial score (nSPS) is 14.1. The molecule has 0 aliphatic heterocycles. The smallest absolute Gasteiger partial charge is 0.115 e. The first kappa shape index (κ1) is 14.7. The number of aromatic nitrogens is 1. The van der Waals surface area contributed by atoms with E-state index in [0.29, 0.717) is 10.0 Å². The highest BCUT2D eigenvalue weighted by atomic mass is 35.5. The molecule has 0 aliphatic carbocycles. The number of halogens is 2. The van der Waals surface area contributed by atoms with Crippen molar-refractivity contribution in [2.75, 3.05) is 0 Å². The third-order valence-electron chi connectivity index (χ3n) is 2.65. The van der Waals surface area contributed by atoms with Gasteiger partial charge in [-0.3, -0.25) is 0 Å². The third-order valence-corrected chi connectivity index (χ3v) is 4.90. The van der Waals surface area contributed by atoms with Gasteiger partial charge in [0.1, 0.15) is 5.03 Å². The number of rotatable bonds is 4. The Hall–Kier alpha value is -0.740. The minimum Gasteiger partial charge on any atom is -0.327 e. The number of thioether (sulfide) groups is 1. The van der Waals surface area contributed by atoms with Gasteiger partial charge in [-0.05, 0) is 30.7 Å². The maximum Gasteiger partial charge on any atom is 0.115 e. The van der Waals surface area contributed by atoms with Crippen LogP contribution >= 0.6 is 35.0 Å².